The molecule has 0 aliphatic carbocycles. The van der Waals surface area contributed by atoms with Crippen molar-refractivity contribution in [2.24, 2.45) is 0 Å². The van der Waals surface area contributed by atoms with E-state index in [-0.39, 0.29) is 34.6 Å². The average Bonchev–Trinajstić information content (AvgIpc) is 2.64. The Labute approximate surface area is 209 Å². The van der Waals surface area contributed by atoms with E-state index >= 15 is 0 Å². The molecule has 6 nitrogen and oxygen atoms in total. The Hall–Kier alpha value is 0.586. The fourth-order valence-corrected chi connectivity index (χ4v) is 4.29. The van der Waals surface area contributed by atoms with Gasteiger partial charge in [-0.15, -0.1) is 0 Å². The van der Waals surface area contributed by atoms with Crippen LogP contribution in [0.5, 0.6) is 0 Å². The molecule has 0 heterocycles. The first-order chi connectivity index (χ1) is 14.1. The van der Waals surface area contributed by atoms with Crippen LogP contribution in [0, 0.1) is 0 Å². The monoisotopic (exact) mass is 494 g/mol. The Morgan fingerprint density at radius 1 is 0.419 bits per heavy atom. The Morgan fingerprint density at radius 2 is 0.613 bits per heavy atom. The van der Waals surface area contributed by atoms with E-state index < -0.39 is 20.2 Å². The molecule has 0 aromatic rings. The Kier molecular flexibility index (Phi) is 29.4. The van der Waals surface area contributed by atoms with Gasteiger partial charge in [0.1, 0.15) is 0 Å². The van der Waals surface area contributed by atoms with Gasteiger partial charge >= 0.3 is 23.1 Å². The van der Waals surface area contributed by atoms with Crippen molar-refractivity contribution in [2.75, 3.05) is 11.5 Å². The Balaban J connectivity index is -0.000000490. The predicted molar refractivity (Wildman–Crippen MR) is 129 cm³/mol. The summed E-state index contributed by atoms with van der Waals surface area (Å²) in [6.07, 6.45) is 20.1. The first-order valence-electron chi connectivity index (χ1n) is 12.0. The normalized spacial score (nSPS) is 11.5. The maximum Gasteiger partial charge on any atom is 2.00 e. The number of unbranched alkanes of at least 4 members (excludes halogenated alkanes) is 16. The van der Waals surface area contributed by atoms with Crippen LogP contribution < -0.4 is 0 Å². The van der Waals surface area contributed by atoms with Gasteiger partial charge in [0.05, 0.1) is 20.2 Å². The summed E-state index contributed by atoms with van der Waals surface area (Å²) in [6.45, 7) is 4.40. The molecule has 0 aliphatic rings. The first-order valence-corrected chi connectivity index (χ1v) is 15.1. The summed E-state index contributed by atoms with van der Waals surface area (Å²) in [5, 5.41) is 0. The third-order valence-corrected chi connectivity index (χ3v) is 6.57. The van der Waals surface area contributed by atoms with Crippen molar-refractivity contribution in [3.63, 3.8) is 0 Å². The molecule has 0 aromatic heterocycles. The molecule has 0 saturated heterocycles. The minimum absolute atomic E-state index is 0. The van der Waals surface area contributed by atoms with Crippen molar-refractivity contribution >= 4 is 43.3 Å². The molecule has 0 bridgehead atoms. The van der Waals surface area contributed by atoms with Crippen LogP contribution in [0.3, 0.4) is 0 Å². The smallest absolute Gasteiger partial charge is 0.748 e. The van der Waals surface area contributed by atoms with E-state index in [0.717, 1.165) is 25.7 Å². The van der Waals surface area contributed by atoms with Crippen LogP contribution in [0.15, 0.2) is 0 Å². The van der Waals surface area contributed by atoms with E-state index in [4.69, 9.17) is 0 Å². The SMILES string of the molecule is CCCCCCCCCCCS(=O)(=O)[O-].CCCCCCCCCCCS(=O)(=O)[O-].[Mg+2]. The van der Waals surface area contributed by atoms with Gasteiger partial charge in [-0.2, -0.15) is 0 Å². The first kappa shape index (κ1) is 36.2. The number of rotatable bonds is 20. The molecule has 0 fully saturated rings. The van der Waals surface area contributed by atoms with Crippen LogP contribution in [0.25, 0.3) is 0 Å². The van der Waals surface area contributed by atoms with Gasteiger partial charge in [0.15, 0.2) is 0 Å². The van der Waals surface area contributed by atoms with Gasteiger partial charge in [0.2, 0.25) is 0 Å². The van der Waals surface area contributed by atoms with E-state index in [1.165, 1.54) is 77.0 Å². The van der Waals surface area contributed by atoms with Gasteiger partial charge in [-0.1, -0.05) is 117 Å². The van der Waals surface area contributed by atoms with Gasteiger partial charge in [-0.25, -0.2) is 16.8 Å². The van der Waals surface area contributed by atoms with Crippen LogP contribution in [0.4, 0.5) is 0 Å². The van der Waals surface area contributed by atoms with Crippen LogP contribution in [0.1, 0.15) is 129 Å². The molecular weight excluding hydrogens is 449 g/mol. The number of hydrogen-bond acceptors (Lipinski definition) is 6. The fourth-order valence-electron chi connectivity index (χ4n) is 3.18. The molecule has 0 saturated carbocycles. The van der Waals surface area contributed by atoms with E-state index in [9.17, 15) is 25.9 Å². The summed E-state index contributed by atoms with van der Waals surface area (Å²) in [4.78, 5) is 0. The van der Waals surface area contributed by atoms with Crippen LogP contribution in [0.2, 0.25) is 0 Å². The predicted octanol–water partition coefficient (Wildman–Crippen LogP) is 5.74. The Bertz CT molecular complexity index is 500. The summed E-state index contributed by atoms with van der Waals surface area (Å²) in [5.41, 5.74) is 0. The van der Waals surface area contributed by atoms with E-state index in [0.29, 0.717) is 12.8 Å². The van der Waals surface area contributed by atoms with Crippen LogP contribution >= 0.6 is 0 Å². The standard InChI is InChI=1S/2C11H24O3S.Mg/c2*1-2-3-4-5-6-7-8-9-10-11-15(12,13)14;/h2*2-11H2,1H3,(H,12,13,14);/q;;+2/p-2. The van der Waals surface area contributed by atoms with E-state index in [1.54, 1.807) is 0 Å². The minimum atomic E-state index is -3.98. The Morgan fingerprint density at radius 3 is 0.806 bits per heavy atom. The van der Waals surface area contributed by atoms with Crippen molar-refractivity contribution < 1.29 is 25.9 Å². The summed E-state index contributed by atoms with van der Waals surface area (Å²) >= 11 is 0. The topological polar surface area (TPSA) is 114 Å². The van der Waals surface area contributed by atoms with Gasteiger partial charge < -0.3 is 9.11 Å². The third kappa shape index (κ3) is 41.3. The second-order valence-electron chi connectivity index (χ2n) is 8.18. The molecule has 31 heavy (non-hydrogen) atoms. The third-order valence-electron chi connectivity index (χ3n) is 5.00. The van der Waals surface area contributed by atoms with E-state index in [2.05, 4.69) is 13.8 Å². The molecule has 0 aliphatic heterocycles. The van der Waals surface area contributed by atoms with Gasteiger partial charge in [0.25, 0.3) is 0 Å². The zero-order valence-corrected chi connectivity index (χ0v) is 23.2. The van der Waals surface area contributed by atoms with Crippen molar-refractivity contribution in [3.8, 4) is 0 Å². The van der Waals surface area contributed by atoms with Crippen molar-refractivity contribution in [3.05, 3.63) is 0 Å². The molecular formula is C22H46MgO6S2. The zero-order chi connectivity index (χ0) is 23.1. The quantitative estimate of drug-likeness (QED) is 0.121. The largest absolute Gasteiger partial charge is 2.00 e. The van der Waals surface area contributed by atoms with E-state index in [1.807, 2.05) is 0 Å². The second-order valence-corrected chi connectivity index (χ2v) is 11.2. The maximum atomic E-state index is 10.3. The molecule has 184 valence electrons. The molecule has 0 unspecified atom stereocenters. The molecule has 0 spiro atoms. The molecule has 0 aromatic carbocycles. The van der Waals surface area contributed by atoms with Gasteiger partial charge in [0, 0.05) is 11.5 Å². The summed E-state index contributed by atoms with van der Waals surface area (Å²) < 4.78 is 61.7. The van der Waals surface area contributed by atoms with Crippen molar-refractivity contribution in [1.29, 1.82) is 0 Å². The van der Waals surface area contributed by atoms with Crippen molar-refractivity contribution in [2.45, 2.75) is 129 Å². The molecule has 0 radical (unpaired) electrons. The zero-order valence-electron chi connectivity index (χ0n) is 20.1. The van der Waals surface area contributed by atoms with Gasteiger partial charge in [-0.3, -0.25) is 0 Å². The van der Waals surface area contributed by atoms with Gasteiger partial charge in [-0.05, 0) is 12.8 Å². The van der Waals surface area contributed by atoms with Crippen LogP contribution in [-0.2, 0) is 20.2 Å². The summed E-state index contributed by atoms with van der Waals surface area (Å²) in [5.74, 6) is -0.383. The fraction of sp³-hybridized carbons (Fsp3) is 1.00. The van der Waals surface area contributed by atoms with Crippen molar-refractivity contribution in [1.82, 2.24) is 0 Å². The van der Waals surface area contributed by atoms with Crippen LogP contribution in [-0.4, -0.2) is 60.5 Å². The summed E-state index contributed by atoms with van der Waals surface area (Å²) in [7, 11) is -7.96. The summed E-state index contributed by atoms with van der Waals surface area (Å²) in [6, 6.07) is 0. The second kappa shape index (κ2) is 25.2. The minimum Gasteiger partial charge on any atom is -0.748 e. The number of hydrogen-bond donors (Lipinski definition) is 0. The molecule has 0 amide bonds. The molecule has 0 rings (SSSR count). The maximum absolute atomic E-state index is 10.3. The molecule has 0 N–H and O–H groups in total. The average molecular weight is 495 g/mol. The molecule has 9 heteroatoms. The molecule has 0 atom stereocenters.